The molecule has 0 radical (unpaired) electrons. The van der Waals surface area contributed by atoms with Gasteiger partial charge in [-0.25, -0.2) is 0 Å². The van der Waals surface area contributed by atoms with Gasteiger partial charge in [-0.05, 0) is 56.5 Å². The van der Waals surface area contributed by atoms with Crippen LogP contribution in [-0.2, 0) is 9.59 Å². The summed E-state index contributed by atoms with van der Waals surface area (Å²) in [5.74, 6) is 0.157. The van der Waals surface area contributed by atoms with Crippen LogP contribution in [0.3, 0.4) is 0 Å². The number of amides is 1. The molecular weight excluding hydrogens is 268 g/mol. The Hall–Kier alpha value is -1.88. The lowest BCUT2D eigenvalue weighted by Gasteiger charge is -2.23. The molecule has 114 valence electrons. The van der Waals surface area contributed by atoms with E-state index in [2.05, 4.69) is 10.6 Å². The van der Waals surface area contributed by atoms with E-state index in [1.165, 1.54) is 6.92 Å². The van der Waals surface area contributed by atoms with Gasteiger partial charge < -0.3 is 15.4 Å². The quantitative estimate of drug-likeness (QED) is 0.662. The van der Waals surface area contributed by atoms with Gasteiger partial charge in [-0.3, -0.25) is 9.59 Å². The number of anilines is 1. The zero-order chi connectivity index (χ0) is 15.4. The van der Waals surface area contributed by atoms with E-state index >= 15 is 0 Å². The number of benzene rings is 1. The van der Waals surface area contributed by atoms with Crippen LogP contribution in [0.1, 0.15) is 37.3 Å². The topological polar surface area (TPSA) is 67.4 Å². The minimum atomic E-state index is -0.350. The molecule has 0 aliphatic carbocycles. The molecular formula is C16H22N2O3. The lowest BCUT2D eigenvalue weighted by atomic mass is 10.0. The SMILES string of the molecule is CC(=O)Oc1cc(C)c(NC(=O)[C@@H]2CCCCN2)c(C)c1. The molecule has 1 heterocycles. The van der Waals surface area contributed by atoms with Crippen molar-refractivity contribution in [2.24, 2.45) is 0 Å². The third kappa shape index (κ3) is 4.04. The van der Waals surface area contributed by atoms with Gasteiger partial charge in [0.05, 0.1) is 6.04 Å². The maximum Gasteiger partial charge on any atom is 0.308 e. The highest BCUT2D eigenvalue weighted by Gasteiger charge is 2.21. The van der Waals surface area contributed by atoms with Crippen LogP contribution in [0, 0.1) is 13.8 Å². The fourth-order valence-corrected chi connectivity index (χ4v) is 2.63. The predicted molar refractivity (Wildman–Crippen MR) is 81.5 cm³/mol. The normalized spacial score (nSPS) is 18.1. The van der Waals surface area contributed by atoms with Gasteiger partial charge in [0, 0.05) is 12.6 Å². The minimum Gasteiger partial charge on any atom is -0.427 e. The summed E-state index contributed by atoms with van der Waals surface area (Å²) < 4.78 is 5.09. The Balaban J connectivity index is 2.12. The number of hydrogen-bond donors (Lipinski definition) is 2. The summed E-state index contributed by atoms with van der Waals surface area (Å²) in [6.07, 6.45) is 3.07. The van der Waals surface area contributed by atoms with Crippen LogP contribution in [0.15, 0.2) is 12.1 Å². The maximum absolute atomic E-state index is 12.3. The van der Waals surface area contributed by atoms with E-state index in [0.29, 0.717) is 5.75 Å². The van der Waals surface area contributed by atoms with E-state index in [4.69, 9.17) is 4.74 Å². The van der Waals surface area contributed by atoms with Crippen LogP contribution in [0.2, 0.25) is 0 Å². The number of carbonyl (C=O) groups is 2. The number of esters is 1. The number of hydrogen-bond acceptors (Lipinski definition) is 4. The molecule has 1 aromatic rings. The average Bonchev–Trinajstić information content (AvgIpc) is 2.43. The first kappa shape index (κ1) is 15.5. The summed E-state index contributed by atoms with van der Waals surface area (Å²) in [6.45, 7) is 6.05. The second kappa shape index (κ2) is 6.72. The fraction of sp³-hybridized carbons (Fsp3) is 0.500. The zero-order valence-corrected chi connectivity index (χ0v) is 12.8. The smallest absolute Gasteiger partial charge is 0.308 e. The fourth-order valence-electron chi connectivity index (χ4n) is 2.63. The monoisotopic (exact) mass is 290 g/mol. The summed E-state index contributed by atoms with van der Waals surface area (Å²) in [5, 5.41) is 6.22. The van der Waals surface area contributed by atoms with Gasteiger partial charge in [0.25, 0.3) is 0 Å². The van der Waals surface area contributed by atoms with Crippen molar-refractivity contribution in [1.29, 1.82) is 0 Å². The summed E-state index contributed by atoms with van der Waals surface area (Å²) in [6, 6.07) is 3.40. The summed E-state index contributed by atoms with van der Waals surface area (Å²) in [7, 11) is 0. The molecule has 0 bridgehead atoms. The van der Waals surface area contributed by atoms with E-state index in [9.17, 15) is 9.59 Å². The van der Waals surface area contributed by atoms with Crippen molar-refractivity contribution in [3.05, 3.63) is 23.3 Å². The minimum absolute atomic E-state index is 0.00105. The van der Waals surface area contributed by atoms with Crippen molar-refractivity contribution >= 4 is 17.6 Å². The Kier molecular flexibility index (Phi) is 4.96. The Morgan fingerprint density at radius 2 is 1.90 bits per heavy atom. The highest BCUT2D eigenvalue weighted by atomic mass is 16.5. The molecule has 1 aliphatic rings. The summed E-state index contributed by atoms with van der Waals surface area (Å²) in [5.41, 5.74) is 2.56. The van der Waals surface area contributed by atoms with Crippen molar-refractivity contribution in [2.75, 3.05) is 11.9 Å². The number of piperidine rings is 1. The first-order valence-corrected chi connectivity index (χ1v) is 7.31. The third-order valence-corrected chi connectivity index (χ3v) is 3.64. The van der Waals surface area contributed by atoms with Gasteiger partial charge >= 0.3 is 5.97 Å². The van der Waals surface area contributed by atoms with Crippen molar-refractivity contribution in [3.8, 4) is 5.75 Å². The van der Waals surface area contributed by atoms with Gasteiger partial charge in [0.1, 0.15) is 5.75 Å². The van der Waals surface area contributed by atoms with Gasteiger partial charge in [-0.15, -0.1) is 0 Å². The number of nitrogens with one attached hydrogen (secondary N) is 2. The van der Waals surface area contributed by atoms with E-state index in [-0.39, 0.29) is 17.9 Å². The average molecular weight is 290 g/mol. The highest BCUT2D eigenvalue weighted by molar-refractivity contribution is 5.96. The van der Waals surface area contributed by atoms with E-state index in [1.54, 1.807) is 12.1 Å². The first-order valence-electron chi connectivity index (χ1n) is 7.31. The lowest BCUT2D eigenvalue weighted by Crippen LogP contribution is -2.43. The Morgan fingerprint density at radius 1 is 1.24 bits per heavy atom. The molecule has 2 N–H and O–H groups in total. The second-order valence-electron chi connectivity index (χ2n) is 5.52. The molecule has 5 heteroatoms. The molecule has 0 spiro atoms. The summed E-state index contributed by atoms with van der Waals surface area (Å²) in [4.78, 5) is 23.3. The van der Waals surface area contributed by atoms with Gasteiger partial charge in [-0.1, -0.05) is 6.42 Å². The molecule has 0 unspecified atom stereocenters. The van der Waals surface area contributed by atoms with Crippen LogP contribution < -0.4 is 15.4 Å². The second-order valence-corrected chi connectivity index (χ2v) is 5.52. The third-order valence-electron chi connectivity index (χ3n) is 3.64. The molecule has 0 saturated carbocycles. The Morgan fingerprint density at radius 3 is 2.43 bits per heavy atom. The van der Waals surface area contributed by atoms with Gasteiger partial charge in [-0.2, -0.15) is 0 Å². The number of ether oxygens (including phenoxy) is 1. The van der Waals surface area contributed by atoms with Gasteiger partial charge in [0.2, 0.25) is 5.91 Å². The first-order chi connectivity index (χ1) is 9.97. The van der Waals surface area contributed by atoms with Crippen LogP contribution in [0.25, 0.3) is 0 Å². The van der Waals surface area contributed by atoms with Crippen molar-refractivity contribution in [2.45, 2.75) is 46.1 Å². The molecule has 2 rings (SSSR count). The largest absolute Gasteiger partial charge is 0.427 e. The molecule has 21 heavy (non-hydrogen) atoms. The zero-order valence-electron chi connectivity index (χ0n) is 12.8. The van der Waals surface area contributed by atoms with Crippen LogP contribution in [0.5, 0.6) is 5.75 Å². The van der Waals surface area contributed by atoms with Crippen LogP contribution >= 0.6 is 0 Å². The lowest BCUT2D eigenvalue weighted by molar-refractivity contribution is -0.131. The number of carbonyl (C=O) groups excluding carboxylic acids is 2. The van der Waals surface area contributed by atoms with Crippen molar-refractivity contribution in [3.63, 3.8) is 0 Å². The maximum atomic E-state index is 12.3. The van der Waals surface area contributed by atoms with E-state index < -0.39 is 0 Å². The Labute approximate surface area is 125 Å². The molecule has 1 saturated heterocycles. The molecule has 1 aliphatic heterocycles. The predicted octanol–water partition coefficient (Wildman–Crippen LogP) is 2.31. The number of rotatable bonds is 3. The van der Waals surface area contributed by atoms with Crippen molar-refractivity contribution < 1.29 is 14.3 Å². The Bertz CT molecular complexity index is 525. The van der Waals surface area contributed by atoms with Gasteiger partial charge in [0.15, 0.2) is 0 Å². The molecule has 0 aromatic heterocycles. The van der Waals surface area contributed by atoms with Crippen LogP contribution in [-0.4, -0.2) is 24.5 Å². The van der Waals surface area contributed by atoms with E-state index in [0.717, 1.165) is 42.6 Å². The molecule has 1 aromatic carbocycles. The summed E-state index contributed by atoms with van der Waals surface area (Å²) >= 11 is 0. The highest BCUT2D eigenvalue weighted by Crippen LogP contribution is 2.27. The molecule has 1 fully saturated rings. The standard InChI is InChI=1S/C16H22N2O3/c1-10-8-13(21-12(3)19)9-11(2)15(10)18-16(20)14-6-4-5-7-17-14/h8-9,14,17H,4-7H2,1-3H3,(H,18,20)/t14-/m0/s1. The number of aryl methyl sites for hydroxylation is 2. The molecule has 1 amide bonds. The van der Waals surface area contributed by atoms with E-state index in [1.807, 2.05) is 13.8 Å². The molecule has 1 atom stereocenters. The van der Waals surface area contributed by atoms with Crippen molar-refractivity contribution in [1.82, 2.24) is 5.32 Å². The molecule has 5 nitrogen and oxygen atoms in total. The van der Waals surface area contributed by atoms with Crippen LogP contribution in [0.4, 0.5) is 5.69 Å².